The topological polar surface area (TPSA) is 29.1 Å². The third-order valence-electron chi connectivity index (χ3n) is 3.13. The molecule has 0 aliphatic heterocycles. The molecule has 1 N–H and O–H groups in total. The lowest BCUT2D eigenvalue weighted by Crippen LogP contribution is -2.29. The van der Waals surface area contributed by atoms with Crippen molar-refractivity contribution >= 4 is 33.2 Å². The average molecular weight is 288 g/mol. The number of nitrogens with one attached hydrogen (secondary N) is 1. The molecule has 0 aromatic carbocycles. The van der Waals surface area contributed by atoms with E-state index >= 15 is 0 Å². The first kappa shape index (κ1) is 11.1. The second-order valence-electron chi connectivity index (χ2n) is 4.14. The number of carbonyl (C=O) groups is 1. The lowest BCUT2D eigenvalue weighted by molar-refractivity contribution is 0.0948. The summed E-state index contributed by atoms with van der Waals surface area (Å²) in [5.74, 6) is 0.0606. The quantitative estimate of drug-likeness (QED) is 0.903. The van der Waals surface area contributed by atoms with E-state index in [1.165, 1.54) is 30.6 Å². The van der Waals surface area contributed by atoms with Gasteiger partial charge in [0.15, 0.2) is 0 Å². The molecule has 1 heterocycles. The van der Waals surface area contributed by atoms with E-state index in [2.05, 4.69) is 28.2 Å². The van der Waals surface area contributed by atoms with Crippen LogP contribution in [0.25, 0.3) is 0 Å². The zero-order valence-corrected chi connectivity index (χ0v) is 11.1. The minimum Gasteiger partial charge on any atom is -0.351 e. The van der Waals surface area contributed by atoms with Gasteiger partial charge in [-0.2, -0.15) is 0 Å². The molecule has 2 rings (SSSR count). The molecule has 0 spiro atoms. The van der Waals surface area contributed by atoms with Crippen LogP contribution in [-0.4, -0.2) is 12.5 Å². The lowest BCUT2D eigenvalue weighted by atomic mass is 10.0. The summed E-state index contributed by atoms with van der Waals surface area (Å²) in [6.07, 6.45) is 3.69. The van der Waals surface area contributed by atoms with Crippen molar-refractivity contribution in [2.75, 3.05) is 6.54 Å². The molecule has 1 aromatic rings. The van der Waals surface area contributed by atoms with Gasteiger partial charge in [-0.25, -0.2) is 0 Å². The first-order valence-corrected chi connectivity index (χ1v) is 6.80. The molecule has 1 aliphatic rings. The first-order valence-electron chi connectivity index (χ1n) is 5.19. The van der Waals surface area contributed by atoms with E-state index in [1.807, 2.05) is 12.1 Å². The van der Waals surface area contributed by atoms with E-state index in [0.29, 0.717) is 5.41 Å². The minimum absolute atomic E-state index is 0.0606. The van der Waals surface area contributed by atoms with Crippen molar-refractivity contribution in [1.82, 2.24) is 5.32 Å². The van der Waals surface area contributed by atoms with Crippen LogP contribution in [-0.2, 0) is 0 Å². The Hall–Kier alpha value is -0.350. The van der Waals surface area contributed by atoms with E-state index in [9.17, 15) is 4.79 Å². The van der Waals surface area contributed by atoms with E-state index in [4.69, 9.17) is 0 Å². The number of halogens is 1. The summed E-state index contributed by atoms with van der Waals surface area (Å²) in [4.78, 5) is 12.5. The smallest absolute Gasteiger partial charge is 0.261 e. The lowest BCUT2D eigenvalue weighted by Gasteiger charge is -2.12. The van der Waals surface area contributed by atoms with Crippen LogP contribution in [0.4, 0.5) is 0 Å². The van der Waals surface area contributed by atoms with E-state index in [0.717, 1.165) is 15.2 Å². The predicted molar refractivity (Wildman–Crippen MR) is 66.3 cm³/mol. The van der Waals surface area contributed by atoms with E-state index in [-0.39, 0.29) is 5.91 Å². The van der Waals surface area contributed by atoms with Gasteiger partial charge in [-0.15, -0.1) is 11.3 Å². The summed E-state index contributed by atoms with van der Waals surface area (Å²) in [6.45, 7) is 3.03. The highest BCUT2D eigenvalue weighted by molar-refractivity contribution is 9.11. The van der Waals surface area contributed by atoms with Gasteiger partial charge in [-0.3, -0.25) is 4.79 Å². The SMILES string of the molecule is CCC1(CNC(=O)c2ccc(Br)s2)CC1. The molecule has 4 heteroatoms. The fourth-order valence-electron chi connectivity index (χ4n) is 1.62. The van der Waals surface area contributed by atoms with Crippen molar-refractivity contribution in [2.24, 2.45) is 5.41 Å². The molecule has 1 saturated carbocycles. The van der Waals surface area contributed by atoms with Crippen LogP contribution in [0.15, 0.2) is 15.9 Å². The highest BCUT2D eigenvalue weighted by atomic mass is 79.9. The maximum Gasteiger partial charge on any atom is 0.261 e. The number of hydrogen-bond acceptors (Lipinski definition) is 2. The van der Waals surface area contributed by atoms with Gasteiger partial charge in [0.2, 0.25) is 0 Å². The summed E-state index contributed by atoms with van der Waals surface area (Å²) < 4.78 is 1.00. The molecule has 1 aromatic heterocycles. The Kier molecular flexibility index (Phi) is 3.16. The van der Waals surface area contributed by atoms with Gasteiger partial charge in [0, 0.05) is 6.54 Å². The fourth-order valence-corrected chi connectivity index (χ4v) is 2.93. The molecule has 0 atom stereocenters. The largest absolute Gasteiger partial charge is 0.351 e. The summed E-state index contributed by atoms with van der Waals surface area (Å²) >= 11 is 4.83. The Balaban J connectivity index is 1.88. The molecule has 15 heavy (non-hydrogen) atoms. The average Bonchev–Trinajstić information content (AvgIpc) is 2.90. The van der Waals surface area contributed by atoms with E-state index < -0.39 is 0 Å². The van der Waals surface area contributed by atoms with Gasteiger partial charge in [0.1, 0.15) is 0 Å². The highest BCUT2D eigenvalue weighted by Crippen LogP contribution is 2.47. The van der Waals surface area contributed by atoms with Crippen LogP contribution < -0.4 is 5.32 Å². The first-order chi connectivity index (χ1) is 7.15. The van der Waals surface area contributed by atoms with Crippen LogP contribution in [0, 0.1) is 5.41 Å². The van der Waals surface area contributed by atoms with Crippen molar-refractivity contribution in [1.29, 1.82) is 0 Å². The monoisotopic (exact) mass is 287 g/mol. The molecule has 1 amide bonds. The van der Waals surface area contributed by atoms with Gasteiger partial charge >= 0.3 is 0 Å². The van der Waals surface area contributed by atoms with E-state index in [1.54, 1.807) is 0 Å². The maximum absolute atomic E-state index is 11.7. The van der Waals surface area contributed by atoms with Gasteiger partial charge in [-0.05, 0) is 52.7 Å². The molecule has 0 radical (unpaired) electrons. The third-order valence-corrected chi connectivity index (χ3v) is 4.75. The zero-order chi connectivity index (χ0) is 10.9. The number of thiophene rings is 1. The van der Waals surface area contributed by atoms with Crippen molar-refractivity contribution in [2.45, 2.75) is 26.2 Å². The summed E-state index contributed by atoms with van der Waals surface area (Å²) in [5, 5.41) is 3.02. The Bertz CT molecular complexity index is 370. The zero-order valence-electron chi connectivity index (χ0n) is 8.68. The number of carbonyl (C=O) groups excluding carboxylic acids is 1. The van der Waals surface area contributed by atoms with Crippen molar-refractivity contribution in [3.8, 4) is 0 Å². The van der Waals surface area contributed by atoms with Gasteiger partial charge in [0.05, 0.1) is 8.66 Å². The van der Waals surface area contributed by atoms with Crippen LogP contribution in [0.1, 0.15) is 35.9 Å². The van der Waals surface area contributed by atoms with Gasteiger partial charge in [-0.1, -0.05) is 6.92 Å². The Morgan fingerprint density at radius 3 is 2.80 bits per heavy atom. The Morgan fingerprint density at radius 2 is 2.33 bits per heavy atom. The Morgan fingerprint density at radius 1 is 1.60 bits per heavy atom. The third kappa shape index (κ3) is 2.61. The number of hydrogen-bond donors (Lipinski definition) is 1. The normalized spacial score (nSPS) is 17.5. The van der Waals surface area contributed by atoms with Crippen molar-refractivity contribution in [3.05, 3.63) is 20.8 Å². The molecular weight excluding hydrogens is 274 g/mol. The predicted octanol–water partition coefficient (Wildman–Crippen LogP) is 3.43. The number of amides is 1. The fraction of sp³-hybridized carbons (Fsp3) is 0.545. The van der Waals surface area contributed by atoms with Crippen LogP contribution in [0.3, 0.4) is 0 Å². The molecule has 0 bridgehead atoms. The van der Waals surface area contributed by atoms with Crippen LogP contribution in [0.5, 0.6) is 0 Å². The molecule has 82 valence electrons. The van der Waals surface area contributed by atoms with Crippen molar-refractivity contribution in [3.63, 3.8) is 0 Å². The summed E-state index contributed by atoms with van der Waals surface area (Å²) in [5.41, 5.74) is 0.421. The molecule has 0 saturated heterocycles. The second-order valence-corrected chi connectivity index (χ2v) is 6.60. The van der Waals surface area contributed by atoms with Crippen LogP contribution >= 0.6 is 27.3 Å². The summed E-state index contributed by atoms with van der Waals surface area (Å²) in [6, 6.07) is 3.77. The Labute approximate surface area is 102 Å². The maximum atomic E-state index is 11.7. The minimum atomic E-state index is 0.0606. The van der Waals surface area contributed by atoms with Gasteiger partial charge < -0.3 is 5.32 Å². The highest BCUT2D eigenvalue weighted by Gasteiger charge is 2.40. The number of rotatable bonds is 4. The second kappa shape index (κ2) is 4.26. The molecule has 2 nitrogen and oxygen atoms in total. The summed E-state index contributed by atoms with van der Waals surface area (Å²) in [7, 11) is 0. The van der Waals surface area contributed by atoms with Crippen molar-refractivity contribution < 1.29 is 4.79 Å². The molecule has 1 fully saturated rings. The molecular formula is C11H14BrNOS. The molecule has 1 aliphatic carbocycles. The molecule has 0 unspecified atom stereocenters. The van der Waals surface area contributed by atoms with Crippen LogP contribution in [0.2, 0.25) is 0 Å². The standard InChI is InChI=1S/C11H14BrNOS/c1-2-11(5-6-11)7-13-10(14)8-3-4-9(12)15-8/h3-4H,2,5-7H2,1H3,(H,13,14). The van der Waals surface area contributed by atoms with Gasteiger partial charge in [0.25, 0.3) is 5.91 Å².